The minimum absolute atomic E-state index is 0.0672. The van der Waals surface area contributed by atoms with Crippen LogP contribution in [0.5, 0.6) is 5.88 Å². The highest BCUT2D eigenvalue weighted by atomic mass is 16.3. The fourth-order valence-corrected chi connectivity index (χ4v) is 4.07. The van der Waals surface area contributed by atoms with Gasteiger partial charge in [-0.1, -0.05) is 31.2 Å². The van der Waals surface area contributed by atoms with Crippen LogP contribution < -0.4 is 16.3 Å². The van der Waals surface area contributed by atoms with Crippen molar-refractivity contribution < 1.29 is 5.11 Å². The number of benzene rings is 2. The predicted molar refractivity (Wildman–Crippen MR) is 125 cm³/mol. The summed E-state index contributed by atoms with van der Waals surface area (Å²) in [7, 11) is 0. The summed E-state index contributed by atoms with van der Waals surface area (Å²) in [6.07, 6.45) is 2.20. The van der Waals surface area contributed by atoms with Crippen molar-refractivity contribution in [3.8, 4) is 17.6 Å². The smallest absolute Gasteiger partial charge is 0.275 e. The van der Waals surface area contributed by atoms with E-state index in [1.165, 1.54) is 15.2 Å². The van der Waals surface area contributed by atoms with Gasteiger partial charge in [0, 0.05) is 5.22 Å². The Hall–Kier alpha value is -4.64. The van der Waals surface area contributed by atoms with E-state index in [-0.39, 0.29) is 27.9 Å². The minimum atomic E-state index is -0.556. The number of aromatic hydroxyl groups is 1. The number of nitrogens with one attached hydrogen (secondary N) is 1. The molecule has 33 heavy (non-hydrogen) atoms. The number of rotatable bonds is 3. The maximum atomic E-state index is 13.4. The third kappa shape index (κ3) is 3.02. The molecular formula is C25H19N5O3. The first-order valence-electron chi connectivity index (χ1n) is 10.4. The zero-order chi connectivity index (χ0) is 23.3. The maximum absolute atomic E-state index is 13.4. The summed E-state index contributed by atoms with van der Waals surface area (Å²) >= 11 is 0. The van der Waals surface area contributed by atoms with Gasteiger partial charge in [-0.2, -0.15) is 5.26 Å². The molecule has 0 bridgehead atoms. The molecule has 2 N–H and O–H groups in total. The lowest BCUT2D eigenvalue weighted by atomic mass is 10.1. The monoisotopic (exact) mass is 437 g/mol. The number of fused-ring (bicyclic) bond motifs is 3. The minimum Gasteiger partial charge on any atom is -0.493 e. The highest BCUT2D eigenvalue weighted by molar-refractivity contribution is 5.82. The molecule has 2 aromatic carbocycles. The van der Waals surface area contributed by atoms with Crippen LogP contribution in [0.4, 0.5) is 0 Å². The first kappa shape index (κ1) is 20.3. The molecular weight excluding hydrogens is 418 g/mol. The van der Waals surface area contributed by atoms with E-state index in [2.05, 4.69) is 16.2 Å². The molecule has 3 aromatic heterocycles. The average molecular weight is 437 g/mol. The van der Waals surface area contributed by atoms with Gasteiger partial charge in [0.05, 0.1) is 22.3 Å². The van der Waals surface area contributed by atoms with Crippen LogP contribution in [0.1, 0.15) is 29.2 Å². The number of aromatic amines is 1. The Morgan fingerprint density at radius 2 is 1.88 bits per heavy atom. The SMILES string of the molecule is CCc1ccc(-n2[nH]c(=O)c(/C=c3\c(C)c(C#N)c4nc5ccccc5n4c3=O)c2O)cc1. The fraction of sp³-hybridized carbons (Fsp3) is 0.120. The molecule has 162 valence electrons. The Kier molecular flexibility index (Phi) is 4.61. The lowest BCUT2D eigenvalue weighted by Gasteiger charge is -2.05. The van der Waals surface area contributed by atoms with Gasteiger partial charge in [0.25, 0.3) is 11.1 Å². The van der Waals surface area contributed by atoms with Crippen LogP contribution in [-0.4, -0.2) is 24.3 Å². The number of para-hydroxylation sites is 2. The second-order valence-electron chi connectivity index (χ2n) is 7.77. The zero-order valence-corrected chi connectivity index (χ0v) is 18.0. The summed E-state index contributed by atoms with van der Waals surface area (Å²) in [5.41, 5.74) is 2.71. The van der Waals surface area contributed by atoms with Gasteiger partial charge in [-0.25, -0.2) is 9.67 Å². The van der Waals surface area contributed by atoms with Crippen molar-refractivity contribution in [2.75, 3.05) is 0 Å². The summed E-state index contributed by atoms with van der Waals surface area (Å²) in [6, 6.07) is 16.6. The molecule has 0 aliphatic heterocycles. The molecule has 0 aliphatic carbocycles. The van der Waals surface area contributed by atoms with E-state index in [4.69, 9.17) is 0 Å². The first-order valence-corrected chi connectivity index (χ1v) is 10.4. The van der Waals surface area contributed by atoms with Crippen LogP contribution in [0.25, 0.3) is 28.4 Å². The van der Waals surface area contributed by atoms with E-state index in [1.807, 2.05) is 19.1 Å². The van der Waals surface area contributed by atoms with Crippen molar-refractivity contribution in [2.45, 2.75) is 20.3 Å². The average Bonchev–Trinajstić information content (AvgIpc) is 3.34. The van der Waals surface area contributed by atoms with E-state index >= 15 is 0 Å². The van der Waals surface area contributed by atoms with Crippen LogP contribution in [0.2, 0.25) is 0 Å². The maximum Gasteiger partial charge on any atom is 0.275 e. The molecule has 8 nitrogen and oxygen atoms in total. The highest BCUT2D eigenvalue weighted by Gasteiger charge is 2.18. The van der Waals surface area contributed by atoms with Crippen LogP contribution in [0.3, 0.4) is 0 Å². The van der Waals surface area contributed by atoms with Gasteiger partial charge in [0.2, 0.25) is 5.88 Å². The van der Waals surface area contributed by atoms with Crippen molar-refractivity contribution in [1.29, 1.82) is 5.26 Å². The van der Waals surface area contributed by atoms with Gasteiger partial charge in [0.1, 0.15) is 11.6 Å². The van der Waals surface area contributed by atoms with E-state index in [0.29, 0.717) is 22.3 Å². The number of hydrogen-bond donors (Lipinski definition) is 2. The number of aryl methyl sites for hydroxylation is 1. The largest absolute Gasteiger partial charge is 0.493 e. The van der Waals surface area contributed by atoms with Gasteiger partial charge in [-0.15, -0.1) is 0 Å². The lowest BCUT2D eigenvalue weighted by Crippen LogP contribution is -2.34. The Morgan fingerprint density at radius 1 is 1.15 bits per heavy atom. The lowest BCUT2D eigenvalue weighted by molar-refractivity contribution is 0.432. The Bertz CT molecular complexity index is 1770. The number of nitrogens with zero attached hydrogens (tertiary/aromatic N) is 4. The van der Waals surface area contributed by atoms with Gasteiger partial charge in [-0.05, 0) is 54.8 Å². The normalized spacial score (nSPS) is 12.0. The van der Waals surface area contributed by atoms with Crippen molar-refractivity contribution in [3.63, 3.8) is 0 Å². The van der Waals surface area contributed by atoms with Gasteiger partial charge in [-0.3, -0.25) is 19.1 Å². The zero-order valence-electron chi connectivity index (χ0n) is 18.0. The Morgan fingerprint density at radius 3 is 2.58 bits per heavy atom. The van der Waals surface area contributed by atoms with E-state index in [1.54, 1.807) is 43.3 Å². The van der Waals surface area contributed by atoms with Gasteiger partial charge in [0.15, 0.2) is 5.65 Å². The van der Waals surface area contributed by atoms with Gasteiger partial charge >= 0.3 is 0 Å². The molecule has 0 saturated heterocycles. The molecule has 8 heteroatoms. The standard InChI is InChI=1S/C25H19N5O3/c1-3-15-8-10-16(11-9-15)30-25(33)18(23(31)28-30)12-17-14(2)19(13-26)22-27-20-6-4-5-7-21(20)29(22)24(17)32/h4-12,33H,3H2,1-2H3,(H,28,31)/b17-12+. The fourth-order valence-electron chi connectivity index (χ4n) is 4.07. The topological polar surface area (TPSA) is 116 Å². The van der Waals surface area contributed by atoms with Gasteiger partial charge < -0.3 is 5.11 Å². The quantitative estimate of drug-likeness (QED) is 0.449. The molecule has 5 aromatic rings. The Balaban J connectivity index is 1.81. The van der Waals surface area contributed by atoms with E-state index < -0.39 is 11.1 Å². The van der Waals surface area contributed by atoms with Crippen molar-refractivity contribution in [2.24, 2.45) is 0 Å². The number of H-pyrrole nitrogens is 1. The third-order valence-corrected chi connectivity index (χ3v) is 5.91. The van der Waals surface area contributed by atoms with Crippen LogP contribution in [0, 0.1) is 18.3 Å². The summed E-state index contributed by atoms with van der Waals surface area (Å²) in [4.78, 5) is 30.6. The molecule has 3 heterocycles. The molecule has 5 rings (SSSR count). The summed E-state index contributed by atoms with van der Waals surface area (Å²) in [5.74, 6) is -0.322. The van der Waals surface area contributed by atoms with Crippen molar-refractivity contribution in [3.05, 3.63) is 96.7 Å². The molecule has 0 aliphatic rings. The molecule has 0 atom stereocenters. The predicted octanol–water partition coefficient (Wildman–Crippen LogP) is 2.32. The molecule has 0 spiro atoms. The highest BCUT2D eigenvalue weighted by Crippen LogP contribution is 2.21. The van der Waals surface area contributed by atoms with Crippen molar-refractivity contribution >= 4 is 22.8 Å². The van der Waals surface area contributed by atoms with E-state index in [0.717, 1.165) is 12.0 Å². The Labute approximate surface area is 187 Å². The number of aromatic nitrogens is 4. The molecule has 0 saturated carbocycles. The number of imidazole rings is 1. The first-order chi connectivity index (χ1) is 15.9. The van der Waals surface area contributed by atoms with Crippen molar-refractivity contribution in [1.82, 2.24) is 19.2 Å². The second kappa shape index (κ2) is 7.50. The summed E-state index contributed by atoms with van der Waals surface area (Å²) < 4.78 is 2.64. The third-order valence-electron chi connectivity index (χ3n) is 5.91. The van der Waals surface area contributed by atoms with Crippen LogP contribution in [-0.2, 0) is 6.42 Å². The van der Waals surface area contributed by atoms with Crippen LogP contribution in [0.15, 0.2) is 58.1 Å². The molecule has 0 unspecified atom stereocenters. The molecule has 0 fully saturated rings. The molecule has 0 radical (unpaired) electrons. The number of nitriles is 1. The van der Waals surface area contributed by atoms with E-state index in [9.17, 15) is 20.0 Å². The summed E-state index contributed by atoms with van der Waals surface area (Å²) in [6.45, 7) is 3.67. The number of hydrogen-bond acceptors (Lipinski definition) is 5. The van der Waals surface area contributed by atoms with Crippen LogP contribution >= 0.6 is 0 Å². The number of pyridine rings is 1. The molecule has 0 amide bonds. The second-order valence-corrected chi connectivity index (χ2v) is 7.77. The summed E-state index contributed by atoms with van der Waals surface area (Å²) in [5, 5.41) is 23.4.